The molecule has 1 rings (SSSR count). The molecule has 92 valence electrons. The molecule has 1 aliphatic rings. The van der Waals surface area contributed by atoms with Crippen molar-refractivity contribution in [3.8, 4) is 0 Å². The number of nitrogens with one attached hydrogen (secondary N) is 1. The molecule has 1 fully saturated rings. The molecule has 0 spiro atoms. The molecule has 3 N–H and O–H groups in total. The Morgan fingerprint density at radius 1 is 1.69 bits per heavy atom. The summed E-state index contributed by atoms with van der Waals surface area (Å²) in [7, 11) is 1.30. The third kappa shape index (κ3) is 3.20. The second kappa shape index (κ2) is 4.82. The lowest BCUT2D eigenvalue weighted by atomic mass is 9.83. The zero-order valence-electron chi connectivity index (χ0n) is 10.1. The number of ether oxygens (including phenoxy) is 1. The zero-order valence-corrected chi connectivity index (χ0v) is 10.1. The summed E-state index contributed by atoms with van der Waals surface area (Å²) in [6.07, 6.45) is 2.02. The minimum atomic E-state index is -0.707. The molecular weight excluding hydrogens is 208 g/mol. The van der Waals surface area contributed by atoms with E-state index in [9.17, 15) is 9.59 Å². The van der Waals surface area contributed by atoms with E-state index in [4.69, 9.17) is 5.73 Å². The van der Waals surface area contributed by atoms with Gasteiger partial charge in [-0.25, -0.2) is 0 Å². The van der Waals surface area contributed by atoms with Crippen LogP contribution in [0.3, 0.4) is 0 Å². The first-order chi connectivity index (χ1) is 7.35. The van der Waals surface area contributed by atoms with E-state index in [0.717, 1.165) is 12.8 Å². The van der Waals surface area contributed by atoms with Gasteiger partial charge in [-0.3, -0.25) is 9.59 Å². The van der Waals surface area contributed by atoms with Crippen molar-refractivity contribution >= 4 is 11.9 Å². The predicted molar refractivity (Wildman–Crippen MR) is 59.6 cm³/mol. The predicted octanol–water partition coefficient (Wildman–Crippen LogP) is 0.182. The highest BCUT2D eigenvalue weighted by Gasteiger charge is 2.34. The summed E-state index contributed by atoms with van der Waals surface area (Å²) in [6, 6.07) is -0.707. The second-order valence-corrected chi connectivity index (χ2v) is 4.97. The van der Waals surface area contributed by atoms with Gasteiger partial charge in [0.1, 0.15) is 6.04 Å². The Morgan fingerprint density at radius 3 is 2.81 bits per heavy atom. The standard InChI is InChI=1S/C11H20N2O3/c1-11(2)5-4-7(9(14)13-11)6-8(12)10(15)16-3/h7-8H,4-6,12H2,1-3H3,(H,13,14)/t7?,8-/m0/s1. The number of carbonyl (C=O) groups excluding carboxylic acids is 2. The largest absolute Gasteiger partial charge is 0.468 e. The maximum absolute atomic E-state index is 11.7. The first kappa shape index (κ1) is 13.0. The van der Waals surface area contributed by atoms with Crippen molar-refractivity contribution < 1.29 is 14.3 Å². The maximum atomic E-state index is 11.7. The number of piperidine rings is 1. The molecule has 0 aromatic heterocycles. The Balaban J connectivity index is 2.51. The number of amides is 1. The van der Waals surface area contributed by atoms with Gasteiger partial charge in [-0.1, -0.05) is 0 Å². The van der Waals surface area contributed by atoms with Gasteiger partial charge in [0, 0.05) is 11.5 Å². The molecule has 1 heterocycles. The fourth-order valence-electron chi connectivity index (χ4n) is 1.94. The first-order valence-corrected chi connectivity index (χ1v) is 5.51. The van der Waals surface area contributed by atoms with E-state index in [0.29, 0.717) is 6.42 Å². The van der Waals surface area contributed by atoms with Crippen molar-refractivity contribution in [2.45, 2.75) is 44.7 Å². The third-order valence-electron chi connectivity index (χ3n) is 2.99. The molecule has 1 saturated heterocycles. The lowest BCUT2D eigenvalue weighted by Crippen LogP contribution is -2.52. The summed E-state index contributed by atoms with van der Waals surface area (Å²) in [5.74, 6) is -0.657. The summed E-state index contributed by atoms with van der Waals surface area (Å²) in [5, 5.41) is 2.92. The Labute approximate surface area is 95.7 Å². The van der Waals surface area contributed by atoms with Crippen molar-refractivity contribution in [1.29, 1.82) is 0 Å². The van der Waals surface area contributed by atoms with Gasteiger partial charge >= 0.3 is 5.97 Å². The molecule has 2 atom stereocenters. The average molecular weight is 228 g/mol. The van der Waals surface area contributed by atoms with E-state index in [1.54, 1.807) is 0 Å². The van der Waals surface area contributed by atoms with Crippen LogP contribution >= 0.6 is 0 Å². The molecule has 1 aliphatic heterocycles. The number of methoxy groups -OCH3 is 1. The van der Waals surface area contributed by atoms with Crippen LogP contribution in [0.1, 0.15) is 33.1 Å². The number of hydrogen-bond donors (Lipinski definition) is 2. The zero-order chi connectivity index (χ0) is 12.3. The SMILES string of the molecule is COC(=O)[C@@H](N)CC1CCC(C)(C)NC1=O. The highest BCUT2D eigenvalue weighted by Crippen LogP contribution is 2.25. The second-order valence-electron chi connectivity index (χ2n) is 4.97. The number of nitrogens with two attached hydrogens (primary N) is 1. The van der Waals surface area contributed by atoms with Crippen LogP contribution in [0.15, 0.2) is 0 Å². The highest BCUT2D eigenvalue weighted by atomic mass is 16.5. The minimum absolute atomic E-state index is 0.0180. The highest BCUT2D eigenvalue weighted by molar-refractivity contribution is 5.82. The van der Waals surface area contributed by atoms with Crippen LogP contribution < -0.4 is 11.1 Å². The van der Waals surface area contributed by atoms with E-state index in [2.05, 4.69) is 10.1 Å². The molecule has 1 unspecified atom stereocenters. The molecule has 0 aromatic rings. The Kier molecular flexibility index (Phi) is 3.91. The molecule has 1 amide bonds. The molecule has 16 heavy (non-hydrogen) atoms. The average Bonchev–Trinajstić information content (AvgIpc) is 2.20. The fourth-order valence-corrected chi connectivity index (χ4v) is 1.94. The van der Waals surface area contributed by atoms with Crippen LogP contribution in [0.5, 0.6) is 0 Å². The van der Waals surface area contributed by atoms with Crippen molar-refractivity contribution in [2.24, 2.45) is 11.7 Å². The van der Waals surface area contributed by atoms with E-state index >= 15 is 0 Å². The van der Waals surface area contributed by atoms with Crippen LogP contribution in [0.4, 0.5) is 0 Å². The van der Waals surface area contributed by atoms with Gasteiger partial charge in [0.2, 0.25) is 5.91 Å². The lowest BCUT2D eigenvalue weighted by Gasteiger charge is -2.35. The van der Waals surface area contributed by atoms with Crippen LogP contribution in [0.2, 0.25) is 0 Å². The Bertz CT molecular complexity index is 289. The normalized spacial score (nSPS) is 25.8. The summed E-state index contributed by atoms with van der Waals surface area (Å²) in [5.41, 5.74) is 5.48. The Hall–Kier alpha value is -1.10. The molecule has 0 saturated carbocycles. The van der Waals surface area contributed by atoms with E-state index in [1.807, 2.05) is 13.8 Å². The summed E-state index contributed by atoms with van der Waals surface area (Å²) < 4.78 is 4.53. The molecular formula is C11H20N2O3. The van der Waals surface area contributed by atoms with Crippen molar-refractivity contribution in [1.82, 2.24) is 5.32 Å². The Morgan fingerprint density at radius 2 is 2.31 bits per heavy atom. The number of hydrogen-bond acceptors (Lipinski definition) is 4. The number of rotatable bonds is 3. The van der Waals surface area contributed by atoms with E-state index in [-0.39, 0.29) is 17.4 Å². The van der Waals surface area contributed by atoms with E-state index in [1.165, 1.54) is 7.11 Å². The molecule has 0 radical (unpaired) electrons. The van der Waals surface area contributed by atoms with Crippen molar-refractivity contribution in [2.75, 3.05) is 7.11 Å². The van der Waals surface area contributed by atoms with E-state index < -0.39 is 12.0 Å². The van der Waals surface area contributed by atoms with Crippen LogP contribution in [0, 0.1) is 5.92 Å². The fraction of sp³-hybridized carbons (Fsp3) is 0.818. The van der Waals surface area contributed by atoms with Gasteiger partial charge in [0.25, 0.3) is 0 Å². The molecule has 0 aromatic carbocycles. The summed E-state index contributed by atoms with van der Waals surface area (Å²) in [4.78, 5) is 22.9. The topological polar surface area (TPSA) is 81.4 Å². The van der Waals surface area contributed by atoms with Gasteiger partial charge in [-0.2, -0.15) is 0 Å². The lowest BCUT2D eigenvalue weighted by molar-refractivity contribution is -0.143. The van der Waals surface area contributed by atoms with Gasteiger partial charge in [0.15, 0.2) is 0 Å². The maximum Gasteiger partial charge on any atom is 0.322 e. The van der Waals surface area contributed by atoms with Gasteiger partial charge in [-0.15, -0.1) is 0 Å². The quantitative estimate of drug-likeness (QED) is 0.675. The molecule has 0 aliphatic carbocycles. The van der Waals surface area contributed by atoms with Crippen LogP contribution in [-0.2, 0) is 14.3 Å². The molecule has 0 bridgehead atoms. The first-order valence-electron chi connectivity index (χ1n) is 5.51. The monoisotopic (exact) mass is 228 g/mol. The smallest absolute Gasteiger partial charge is 0.322 e. The summed E-state index contributed by atoms with van der Waals surface area (Å²) in [6.45, 7) is 3.97. The van der Waals surface area contributed by atoms with Crippen molar-refractivity contribution in [3.05, 3.63) is 0 Å². The molecule has 5 heteroatoms. The van der Waals surface area contributed by atoms with Gasteiger partial charge in [-0.05, 0) is 33.1 Å². The molecule has 5 nitrogen and oxygen atoms in total. The minimum Gasteiger partial charge on any atom is -0.468 e. The van der Waals surface area contributed by atoms with Crippen LogP contribution in [0.25, 0.3) is 0 Å². The number of carbonyl (C=O) groups is 2. The van der Waals surface area contributed by atoms with Crippen LogP contribution in [-0.4, -0.2) is 30.6 Å². The third-order valence-corrected chi connectivity index (χ3v) is 2.99. The summed E-state index contributed by atoms with van der Waals surface area (Å²) >= 11 is 0. The number of esters is 1. The van der Waals surface area contributed by atoms with Crippen molar-refractivity contribution in [3.63, 3.8) is 0 Å². The van der Waals surface area contributed by atoms with Gasteiger partial charge in [0.05, 0.1) is 7.11 Å². The van der Waals surface area contributed by atoms with Gasteiger partial charge < -0.3 is 15.8 Å².